The zero-order valence-corrected chi connectivity index (χ0v) is 14.9. The standard InChI is InChI=1S/C20H26N2O2/c1-5-15-9-11-16(12-10-15)18(14(3)4)22-19(23)17-8-7-13-21-20(17)24-6-2/h7-14,18H,5-6H2,1-4H3,(H,22,23). The Morgan fingerprint density at radius 3 is 2.46 bits per heavy atom. The van der Waals surface area contributed by atoms with Crippen molar-refractivity contribution in [2.24, 2.45) is 5.92 Å². The topological polar surface area (TPSA) is 51.2 Å². The van der Waals surface area contributed by atoms with Crippen LogP contribution in [-0.2, 0) is 6.42 Å². The molecule has 0 bridgehead atoms. The van der Waals surface area contributed by atoms with Gasteiger partial charge in [0.05, 0.1) is 12.6 Å². The van der Waals surface area contributed by atoms with Crippen LogP contribution in [0.1, 0.15) is 55.2 Å². The number of rotatable bonds is 7. The molecule has 0 fully saturated rings. The molecule has 0 aliphatic carbocycles. The summed E-state index contributed by atoms with van der Waals surface area (Å²) in [7, 11) is 0. The van der Waals surface area contributed by atoms with E-state index in [2.05, 4.69) is 55.3 Å². The van der Waals surface area contributed by atoms with E-state index >= 15 is 0 Å². The van der Waals surface area contributed by atoms with Crippen LogP contribution < -0.4 is 10.1 Å². The molecule has 1 aromatic carbocycles. The first-order valence-electron chi connectivity index (χ1n) is 8.54. The van der Waals surface area contributed by atoms with Crippen LogP contribution in [0.15, 0.2) is 42.6 Å². The third-order valence-corrected chi connectivity index (χ3v) is 4.00. The van der Waals surface area contributed by atoms with Crippen molar-refractivity contribution in [3.05, 3.63) is 59.3 Å². The maximum Gasteiger partial charge on any atom is 0.257 e. The average Bonchev–Trinajstić information content (AvgIpc) is 2.60. The number of carbonyl (C=O) groups is 1. The Labute approximate surface area is 144 Å². The van der Waals surface area contributed by atoms with E-state index in [9.17, 15) is 4.79 Å². The van der Waals surface area contributed by atoms with Crippen LogP contribution in [0.2, 0.25) is 0 Å². The largest absolute Gasteiger partial charge is 0.477 e. The van der Waals surface area contributed by atoms with Crippen molar-refractivity contribution in [2.45, 2.75) is 40.2 Å². The second-order valence-electron chi connectivity index (χ2n) is 6.08. The molecule has 0 aliphatic rings. The lowest BCUT2D eigenvalue weighted by atomic mass is 9.94. The summed E-state index contributed by atoms with van der Waals surface area (Å²) in [4.78, 5) is 16.9. The Kier molecular flexibility index (Phi) is 6.36. The van der Waals surface area contributed by atoms with Gasteiger partial charge in [-0.2, -0.15) is 0 Å². The maximum absolute atomic E-state index is 12.7. The van der Waals surface area contributed by atoms with E-state index in [-0.39, 0.29) is 17.9 Å². The van der Waals surface area contributed by atoms with Gasteiger partial charge >= 0.3 is 0 Å². The highest BCUT2D eigenvalue weighted by molar-refractivity contribution is 5.96. The fourth-order valence-corrected chi connectivity index (χ4v) is 2.63. The lowest BCUT2D eigenvalue weighted by molar-refractivity contribution is 0.0921. The highest BCUT2D eigenvalue weighted by Gasteiger charge is 2.21. The van der Waals surface area contributed by atoms with Gasteiger partial charge in [0.2, 0.25) is 5.88 Å². The van der Waals surface area contributed by atoms with Gasteiger partial charge in [-0.25, -0.2) is 4.98 Å². The average molecular weight is 326 g/mol. The quantitative estimate of drug-likeness (QED) is 0.831. The minimum Gasteiger partial charge on any atom is -0.477 e. The number of pyridine rings is 1. The smallest absolute Gasteiger partial charge is 0.257 e. The summed E-state index contributed by atoms with van der Waals surface area (Å²) in [6.07, 6.45) is 2.64. The van der Waals surface area contributed by atoms with Crippen molar-refractivity contribution in [3.63, 3.8) is 0 Å². The molecule has 2 rings (SSSR count). The number of hydrogen-bond donors (Lipinski definition) is 1. The van der Waals surface area contributed by atoms with Gasteiger partial charge in [-0.1, -0.05) is 45.0 Å². The van der Waals surface area contributed by atoms with Crippen molar-refractivity contribution in [3.8, 4) is 5.88 Å². The minimum absolute atomic E-state index is 0.0573. The van der Waals surface area contributed by atoms with Crippen LogP contribution in [0, 0.1) is 5.92 Å². The van der Waals surface area contributed by atoms with Gasteiger partial charge < -0.3 is 10.1 Å². The Bertz CT molecular complexity index is 666. The molecule has 0 saturated heterocycles. The predicted molar refractivity (Wildman–Crippen MR) is 96.3 cm³/mol. The van der Waals surface area contributed by atoms with Crippen molar-refractivity contribution >= 4 is 5.91 Å². The minimum atomic E-state index is -0.162. The first kappa shape index (κ1) is 18.0. The molecule has 4 nitrogen and oxygen atoms in total. The van der Waals surface area contributed by atoms with Crippen LogP contribution in [0.4, 0.5) is 0 Å². The summed E-state index contributed by atoms with van der Waals surface area (Å²) in [6.45, 7) is 8.69. The van der Waals surface area contributed by atoms with Gasteiger partial charge in [0.1, 0.15) is 5.56 Å². The molecule has 1 aromatic heterocycles. The number of aryl methyl sites for hydroxylation is 1. The van der Waals surface area contributed by atoms with Gasteiger partial charge in [0, 0.05) is 6.20 Å². The Balaban J connectivity index is 2.22. The van der Waals surface area contributed by atoms with Gasteiger partial charge in [-0.3, -0.25) is 4.79 Å². The first-order chi connectivity index (χ1) is 11.6. The number of nitrogens with one attached hydrogen (secondary N) is 1. The van der Waals surface area contributed by atoms with E-state index < -0.39 is 0 Å². The number of aromatic nitrogens is 1. The summed E-state index contributed by atoms with van der Waals surface area (Å²) >= 11 is 0. The number of ether oxygens (including phenoxy) is 1. The van der Waals surface area contributed by atoms with Crippen LogP contribution in [0.3, 0.4) is 0 Å². The first-order valence-corrected chi connectivity index (χ1v) is 8.54. The monoisotopic (exact) mass is 326 g/mol. The zero-order valence-electron chi connectivity index (χ0n) is 14.9. The lowest BCUT2D eigenvalue weighted by Gasteiger charge is -2.23. The van der Waals surface area contributed by atoms with Gasteiger partial charge in [-0.05, 0) is 42.5 Å². The van der Waals surface area contributed by atoms with E-state index in [4.69, 9.17) is 4.74 Å². The molecular formula is C20H26N2O2. The molecule has 1 atom stereocenters. The van der Waals surface area contributed by atoms with Gasteiger partial charge in [-0.15, -0.1) is 0 Å². The maximum atomic E-state index is 12.7. The molecule has 2 aromatic rings. The number of amides is 1. The molecule has 24 heavy (non-hydrogen) atoms. The summed E-state index contributed by atoms with van der Waals surface area (Å²) in [6, 6.07) is 11.9. The van der Waals surface area contributed by atoms with Gasteiger partial charge in [0.15, 0.2) is 0 Å². The van der Waals surface area contributed by atoms with Crippen LogP contribution in [0.25, 0.3) is 0 Å². The van der Waals surface area contributed by atoms with Crippen LogP contribution in [0.5, 0.6) is 5.88 Å². The van der Waals surface area contributed by atoms with Crippen LogP contribution in [-0.4, -0.2) is 17.5 Å². The lowest BCUT2D eigenvalue weighted by Crippen LogP contribution is -2.32. The van der Waals surface area contributed by atoms with E-state index in [1.807, 2.05) is 6.92 Å². The Morgan fingerprint density at radius 1 is 1.17 bits per heavy atom. The van der Waals surface area contributed by atoms with E-state index in [0.29, 0.717) is 18.1 Å². The molecule has 128 valence electrons. The highest BCUT2D eigenvalue weighted by Crippen LogP contribution is 2.24. The SMILES string of the molecule is CCOc1ncccc1C(=O)NC(c1ccc(CC)cc1)C(C)C. The second kappa shape index (κ2) is 8.48. The number of benzene rings is 1. The van der Waals surface area contributed by atoms with Crippen LogP contribution >= 0.6 is 0 Å². The number of hydrogen-bond acceptors (Lipinski definition) is 3. The predicted octanol–water partition coefficient (Wildman–Crippen LogP) is 4.17. The third kappa shape index (κ3) is 4.34. The van der Waals surface area contributed by atoms with Crippen molar-refractivity contribution in [2.75, 3.05) is 6.61 Å². The summed E-state index contributed by atoms with van der Waals surface area (Å²) in [5, 5.41) is 3.13. The number of carbonyl (C=O) groups excluding carboxylic acids is 1. The summed E-state index contributed by atoms with van der Waals surface area (Å²) in [5.41, 5.74) is 2.87. The fourth-order valence-electron chi connectivity index (χ4n) is 2.63. The van der Waals surface area contributed by atoms with Crippen molar-refractivity contribution in [1.29, 1.82) is 0 Å². The summed E-state index contributed by atoms with van der Waals surface area (Å²) < 4.78 is 5.46. The zero-order chi connectivity index (χ0) is 17.5. The Hall–Kier alpha value is -2.36. The van der Waals surface area contributed by atoms with Gasteiger partial charge in [0.25, 0.3) is 5.91 Å². The molecule has 0 spiro atoms. The Morgan fingerprint density at radius 2 is 1.88 bits per heavy atom. The molecule has 1 amide bonds. The van der Waals surface area contributed by atoms with E-state index in [1.54, 1.807) is 18.3 Å². The molecule has 1 N–H and O–H groups in total. The molecule has 4 heteroatoms. The second-order valence-corrected chi connectivity index (χ2v) is 6.08. The summed E-state index contributed by atoms with van der Waals surface area (Å²) in [5.74, 6) is 0.486. The molecule has 0 saturated carbocycles. The van der Waals surface area contributed by atoms with E-state index in [1.165, 1.54) is 5.56 Å². The molecule has 1 unspecified atom stereocenters. The van der Waals surface area contributed by atoms with Crippen molar-refractivity contribution < 1.29 is 9.53 Å². The molecule has 0 aliphatic heterocycles. The molecule has 1 heterocycles. The number of nitrogens with zero attached hydrogens (tertiary/aromatic N) is 1. The molecular weight excluding hydrogens is 300 g/mol. The molecule has 0 radical (unpaired) electrons. The highest BCUT2D eigenvalue weighted by atomic mass is 16.5. The fraction of sp³-hybridized carbons (Fsp3) is 0.400. The van der Waals surface area contributed by atoms with E-state index in [0.717, 1.165) is 12.0 Å². The third-order valence-electron chi connectivity index (χ3n) is 4.00. The normalized spacial score (nSPS) is 12.0. The van der Waals surface area contributed by atoms with Crippen molar-refractivity contribution in [1.82, 2.24) is 10.3 Å².